The number of rotatable bonds is 2. The third kappa shape index (κ3) is 3.36. The number of allylic oxidation sites excluding steroid dienone is 2. The maximum absolute atomic E-state index is 11.8. The third-order valence-electron chi connectivity index (χ3n) is 2.46. The molecule has 0 aromatic rings. The van der Waals surface area contributed by atoms with E-state index in [1.807, 2.05) is 6.08 Å². The number of hydrogen-bond donors (Lipinski definition) is 1. The van der Waals surface area contributed by atoms with Crippen LogP contribution in [0, 0.1) is 11.8 Å². The minimum Gasteiger partial charge on any atom is -0.481 e. The van der Waals surface area contributed by atoms with E-state index >= 15 is 0 Å². The van der Waals surface area contributed by atoms with Crippen molar-refractivity contribution in [3.05, 3.63) is 12.2 Å². The molecule has 2 atom stereocenters. The first kappa shape index (κ1) is 12.7. The molecule has 0 amide bonds. The molecule has 0 saturated heterocycles. The van der Waals surface area contributed by atoms with Crippen molar-refractivity contribution < 1.29 is 19.4 Å². The van der Waals surface area contributed by atoms with Crippen LogP contribution in [-0.4, -0.2) is 22.6 Å². The molecule has 0 aliphatic heterocycles. The third-order valence-corrected chi connectivity index (χ3v) is 2.46. The zero-order valence-electron chi connectivity index (χ0n) is 9.90. The van der Waals surface area contributed by atoms with Gasteiger partial charge in [0.1, 0.15) is 5.60 Å². The molecule has 16 heavy (non-hydrogen) atoms. The van der Waals surface area contributed by atoms with E-state index in [9.17, 15) is 9.59 Å². The lowest BCUT2D eigenvalue weighted by atomic mass is 9.83. The Labute approximate surface area is 95.3 Å². The Morgan fingerprint density at radius 2 is 1.69 bits per heavy atom. The van der Waals surface area contributed by atoms with Crippen molar-refractivity contribution in [2.45, 2.75) is 39.2 Å². The van der Waals surface area contributed by atoms with Gasteiger partial charge in [-0.15, -0.1) is 0 Å². The number of carbonyl (C=O) groups is 2. The molecule has 0 unspecified atom stereocenters. The number of hydrogen-bond acceptors (Lipinski definition) is 3. The molecule has 1 aliphatic carbocycles. The highest BCUT2D eigenvalue weighted by atomic mass is 16.6. The highest BCUT2D eigenvalue weighted by Gasteiger charge is 2.36. The summed E-state index contributed by atoms with van der Waals surface area (Å²) in [5.41, 5.74) is -0.568. The lowest BCUT2D eigenvalue weighted by Crippen LogP contribution is -2.36. The van der Waals surface area contributed by atoms with E-state index in [0.717, 1.165) is 0 Å². The van der Waals surface area contributed by atoms with Crippen LogP contribution in [0.15, 0.2) is 12.2 Å². The predicted molar refractivity (Wildman–Crippen MR) is 58.8 cm³/mol. The summed E-state index contributed by atoms with van der Waals surface area (Å²) in [6.45, 7) is 5.33. The maximum atomic E-state index is 11.8. The molecule has 4 heteroatoms. The lowest BCUT2D eigenvalue weighted by Gasteiger charge is -2.27. The number of carboxylic acids is 1. The van der Waals surface area contributed by atoms with Gasteiger partial charge >= 0.3 is 11.9 Å². The molecule has 1 N–H and O–H groups in total. The van der Waals surface area contributed by atoms with Crippen LogP contribution in [0.2, 0.25) is 0 Å². The van der Waals surface area contributed by atoms with Crippen LogP contribution in [0.25, 0.3) is 0 Å². The molecule has 0 spiro atoms. The summed E-state index contributed by atoms with van der Waals surface area (Å²) in [5.74, 6) is -2.55. The van der Waals surface area contributed by atoms with Crippen molar-refractivity contribution >= 4 is 11.9 Å². The van der Waals surface area contributed by atoms with Crippen LogP contribution in [-0.2, 0) is 14.3 Å². The summed E-state index contributed by atoms with van der Waals surface area (Å²) in [7, 11) is 0. The lowest BCUT2D eigenvalue weighted by molar-refractivity contribution is -0.166. The number of esters is 1. The van der Waals surface area contributed by atoms with Crippen molar-refractivity contribution in [3.63, 3.8) is 0 Å². The number of aliphatic carboxylic acids is 1. The first-order valence-electron chi connectivity index (χ1n) is 5.42. The molecule has 1 rings (SSSR count). The minimum absolute atomic E-state index is 0.402. The molecule has 0 aromatic carbocycles. The maximum Gasteiger partial charge on any atom is 0.310 e. The molecular weight excluding hydrogens is 208 g/mol. The predicted octanol–water partition coefficient (Wildman–Crippen LogP) is 2.00. The second-order valence-corrected chi connectivity index (χ2v) is 5.03. The molecule has 0 radical (unpaired) electrons. The largest absolute Gasteiger partial charge is 0.481 e. The molecule has 0 saturated carbocycles. The van der Waals surface area contributed by atoms with Gasteiger partial charge in [0.2, 0.25) is 0 Å². The summed E-state index contributed by atoms with van der Waals surface area (Å²) in [5, 5.41) is 9.01. The zero-order valence-corrected chi connectivity index (χ0v) is 9.90. The topological polar surface area (TPSA) is 63.6 Å². The van der Waals surface area contributed by atoms with Crippen molar-refractivity contribution in [3.8, 4) is 0 Å². The molecule has 0 aromatic heterocycles. The average Bonchev–Trinajstić information content (AvgIpc) is 2.15. The van der Waals surface area contributed by atoms with Gasteiger partial charge in [0.05, 0.1) is 11.8 Å². The van der Waals surface area contributed by atoms with Gasteiger partial charge in [0, 0.05) is 0 Å². The van der Waals surface area contributed by atoms with E-state index in [4.69, 9.17) is 9.84 Å². The highest BCUT2D eigenvalue weighted by Crippen LogP contribution is 2.28. The van der Waals surface area contributed by atoms with Crippen LogP contribution in [0.1, 0.15) is 33.6 Å². The minimum atomic E-state index is -0.930. The van der Waals surface area contributed by atoms with Crippen molar-refractivity contribution in [2.75, 3.05) is 0 Å². The standard InChI is InChI=1S/C12H18O4/c1-12(2,3)16-11(15)9-7-5-4-6-8(9)10(13)14/h4-5,8-9H,6-7H2,1-3H3,(H,13,14)/t8-,9+/m0/s1. The first-order valence-corrected chi connectivity index (χ1v) is 5.42. The monoisotopic (exact) mass is 226 g/mol. The van der Waals surface area contributed by atoms with Gasteiger partial charge in [-0.25, -0.2) is 0 Å². The summed E-state index contributed by atoms with van der Waals surface area (Å²) in [6.07, 6.45) is 4.50. The smallest absolute Gasteiger partial charge is 0.310 e. The second-order valence-electron chi connectivity index (χ2n) is 5.03. The van der Waals surface area contributed by atoms with Crippen LogP contribution in [0.3, 0.4) is 0 Å². The molecule has 0 fully saturated rings. The van der Waals surface area contributed by atoms with Gasteiger partial charge in [0.15, 0.2) is 0 Å². The van der Waals surface area contributed by atoms with Gasteiger partial charge in [-0.2, -0.15) is 0 Å². The molecule has 0 heterocycles. The van der Waals surface area contributed by atoms with Crippen molar-refractivity contribution in [2.24, 2.45) is 11.8 Å². The highest BCUT2D eigenvalue weighted by molar-refractivity contribution is 5.82. The Kier molecular flexibility index (Phi) is 3.73. The molecule has 4 nitrogen and oxygen atoms in total. The SMILES string of the molecule is CC(C)(C)OC(=O)[C@@H]1CC=CC[C@@H]1C(=O)O. The van der Waals surface area contributed by atoms with Gasteiger partial charge in [-0.3, -0.25) is 9.59 Å². The van der Waals surface area contributed by atoms with Crippen molar-refractivity contribution in [1.82, 2.24) is 0 Å². The summed E-state index contributed by atoms with van der Waals surface area (Å²) in [4.78, 5) is 22.8. The van der Waals surface area contributed by atoms with E-state index < -0.39 is 29.4 Å². The van der Waals surface area contributed by atoms with Gasteiger partial charge in [-0.05, 0) is 33.6 Å². The molecule has 0 bridgehead atoms. The number of carboxylic acid groups (broad SMARTS) is 1. The van der Waals surface area contributed by atoms with Crippen LogP contribution >= 0.6 is 0 Å². The number of ether oxygens (including phenoxy) is 1. The fourth-order valence-corrected chi connectivity index (χ4v) is 1.73. The van der Waals surface area contributed by atoms with Gasteiger partial charge in [0.25, 0.3) is 0 Å². The Morgan fingerprint density at radius 3 is 2.12 bits per heavy atom. The zero-order chi connectivity index (χ0) is 12.3. The Bertz CT molecular complexity index is 311. The van der Waals surface area contributed by atoms with E-state index in [1.165, 1.54) is 0 Å². The summed E-state index contributed by atoms with van der Waals surface area (Å²) < 4.78 is 5.22. The number of carbonyl (C=O) groups excluding carboxylic acids is 1. The van der Waals surface area contributed by atoms with Crippen molar-refractivity contribution in [1.29, 1.82) is 0 Å². The Hall–Kier alpha value is -1.32. The molecule has 1 aliphatic rings. The normalized spacial score (nSPS) is 25.2. The quantitative estimate of drug-likeness (QED) is 0.577. The van der Waals surface area contributed by atoms with Crippen LogP contribution in [0.5, 0.6) is 0 Å². The van der Waals surface area contributed by atoms with Crippen LogP contribution < -0.4 is 0 Å². The van der Waals surface area contributed by atoms with E-state index in [1.54, 1.807) is 26.8 Å². The summed E-state index contributed by atoms with van der Waals surface area (Å²) >= 11 is 0. The molecule has 90 valence electrons. The van der Waals surface area contributed by atoms with E-state index in [2.05, 4.69) is 0 Å². The Balaban J connectivity index is 2.73. The van der Waals surface area contributed by atoms with Crippen LogP contribution in [0.4, 0.5) is 0 Å². The Morgan fingerprint density at radius 1 is 1.19 bits per heavy atom. The fraction of sp³-hybridized carbons (Fsp3) is 0.667. The summed E-state index contributed by atoms with van der Waals surface area (Å²) in [6, 6.07) is 0. The second kappa shape index (κ2) is 4.68. The molecular formula is C12H18O4. The van der Waals surface area contributed by atoms with E-state index in [0.29, 0.717) is 12.8 Å². The van der Waals surface area contributed by atoms with Gasteiger partial charge in [-0.1, -0.05) is 12.2 Å². The first-order chi connectivity index (χ1) is 7.31. The average molecular weight is 226 g/mol. The van der Waals surface area contributed by atoms with Gasteiger partial charge < -0.3 is 9.84 Å². The van der Waals surface area contributed by atoms with E-state index in [-0.39, 0.29) is 0 Å². The fourth-order valence-electron chi connectivity index (χ4n) is 1.73.